The van der Waals surface area contributed by atoms with Crippen molar-refractivity contribution in [2.75, 3.05) is 30.0 Å². The van der Waals surface area contributed by atoms with Gasteiger partial charge in [0.1, 0.15) is 17.6 Å². The normalized spacial score (nSPS) is 19.3. The Morgan fingerprint density at radius 2 is 1.90 bits per heavy atom. The number of esters is 1. The number of nitrogens with one attached hydrogen (secondary N) is 1. The summed E-state index contributed by atoms with van der Waals surface area (Å²) in [6, 6.07) is 22.5. The molecular formula is C32H31ClN4O3S. The van der Waals surface area contributed by atoms with Gasteiger partial charge in [-0.2, -0.15) is 0 Å². The first-order valence-corrected chi connectivity index (χ1v) is 14.5. The molecule has 0 bridgehead atoms. The quantitative estimate of drug-likeness (QED) is 0.188. The van der Waals surface area contributed by atoms with Crippen LogP contribution in [0.2, 0.25) is 5.02 Å². The number of benzene rings is 2. The molecule has 0 amide bonds. The van der Waals surface area contributed by atoms with Crippen molar-refractivity contribution in [2.45, 2.75) is 31.8 Å². The van der Waals surface area contributed by atoms with Crippen LogP contribution in [0, 0.1) is 5.92 Å². The van der Waals surface area contributed by atoms with Gasteiger partial charge < -0.3 is 24.3 Å². The van der Waals surface area contributed by atoms with E-state index < -0.39 is 5.97 Å². The Labute approximate surface area is 250 Å². The van der Waals surface area contributed by atoms with Gasteiger partial charge in [0, 0.05) is 30.5 Å². The summed E-state index contributed by atoms with van der Waals surface area (Å²) in [5.41, 5.74) is 3.99. The van der Waals surface area contributed by atoms with Crippen molar-refractivity contribution >= 4 is 46.3 Å². The Bertz CT molecular complexity index is 1570. The number of carbonyl (C=O) groups excluding carboxylic acids is 1. The Balaban J connectivity index is 1.37. The number of aromatic nitrogens is 1. The number of thiocarbonyl (C=S) groups is 1. The van der Waals surface area contributed by atoms with Gasteiger partial charge >= 0.3 is 5.97 Å². The molecule has 0 saturated carbocycles. The zero-order valence-corrected chi connectivity index (χ0v) is 24.5. The molecule has 2 saturated heterocycles. The zero-order chi connectivity index (χ0) is 28.5. The van der Waals surface area contributed by atoms with Crippen LogP contribution in [0.1, 0.15) is 53.7 Å². The van der Waals surface area contributed by atoms with E-state index in [0.717, 1.165) is 54.5 Å². The molecule has 210 valence electrons. The minimum absolute atomic E-state index is 0.258. The second-order valence-corrected chi connectivity index (χ2v) is 11.4. The molecule has 2 atom stereocenters. The Morgan fingerprint density at radius 1 is 1.07 bits per heavy atom. The smallest absolute Gasteiger partial charge is 0.337 e. The van der Waals surface area contributed by atoms with Crippen LogP contribution in [-0.4, -0.2) is 36.3 Å². The number of pyridine rings is 1. The highest BCUT2D eigenvalue weighted by molar-refractivity contribution is 7.80. The average Bonchev–Trinajstić information content (AvgIpc) is 3.62. The van der Waals surface area contributed by atoms with E-state index in [4.69, 9.17) is 33.0 Å². The van der Waals surface area contributed by atoms with Crippen molar-refractivity contribution < 1.29 is 13.9 Å². The summed E-state index contributed by atoms with van der Waals surface area (Å²) in [5.74, 6) is 1.68. The zero-order valence-electron chi connectivity index (χ0n) is 22.9. The maximum absolute atomic E-state index is 12.1. The number of carbonyl (C=O) groups is 1. The van der Waals surface area contributed by atoms with Crippen molar-refractivity contribution in [1.82, 2.24) is 10.3 Å². The van der Waals surface area contributed by atoms with E-state index in [9.17, 15) is 4.79 Å². The van der Waals surface area contributed by atoms with Gasteiger partial charge in [0.05, 0.1) is 35.1 Å². The van der Waals surface area contributed by atoms with Gasteiger partial charge in [-0.05, 0) is 85.6 Å². The molecule has 2 aromatic heterocycles. The summed E-state index contributed by atoms with van der Waals surface area (Å²) in [4.78, 5) is 21.2. The number of rotatable bonds is 6. The molecule has 41 heavy (non-hydrogen) atoms. The van der Waals surface area contributed by atoms with E-state index >= 15 is 0 Å². The standard InChI is InChI=1S/C32H31ClN4O3S/c1-20-13-16-36(17-14-20)26-10-9-23(19-24(26)33)37-30(29(35-32(37)41)25-8-3-4-15-34-25)28-12-11-27(40-28)21-6-5-7-22(18-21)31(38)39-2/h3-12,15,18-20,29-30H,13-14,16-17H2,1-2H3,(H,35,41)/t29-,30-/m1/s1. The fraction of sp³-hybridized carbons (Fsp3) is 0.281. The van der Waals surface area contributed by atoms with Crippen LogP contribution >= 0.6 is 23.8 Å². The van der Waals surface area contributed by atoms with Gasteiger partial charge in [-0.25, -0.2) is 4.79 Å². The molecule has 6 rings (SSSR count). The second kappa shape index (κ2) is 11.5. The summed E-state index contributed by atoms with van der Waals surface area (Å²) >= 11 is 12.8. The van der Waals surface area contributed by atoms with Crippen LogP contribution in [0.5, 0.6) is 0 Å². The largest absolute Gasteiger partial charge is 0.465 e. The Morgan fingerprint density at radius 3 is 2.63 bits per heavy atom. The minimum atomic E-state index is -0.398. The lowest BCUT2D eigenvalue weighted by molar-refractivity contribution is 0.0601. The molecule has 0 radical (unpaired) electrons. The number of hydrogen-bond donors (Lipinski definition) is 1. The number of nitrogens with zero attached hydrogens (tertiary/aromatic N) is 3. The minimum Gasteiger partial charge on any atom is -0.465 e. The first-order chi connectivity index (χ1) is 19.9. The molecule has 1 N–H and O–H groups in total. The third-order valence-corrected chi connectivity index (χ3v) is 8.54. The van der Waals surface area contributed by atoms with E-state index in [0.29, 0.717) is 27.2 Å². The lowest BCUT2D eigenvalue weighted by atomic mass is 9.98. The highest BCUT2D eigenvalue weighted by atomic mass is 35.5. The predicted molar refractivity (Wildman–Crippen MR) is 165 cm³/mol. The SMILES string of the molecule is COC(=O)c1cccc(-c2ccc([C@@H]3[C@@H](c4ccccn4)NC(=S)N3c3ccc(N4CCC(C)CC4)c(Cl)c3)o2)c1. The van der Waals surface area contributed by atoms with E-state index in [-0.39, 0.29) is 12.1 Å². The number of methoxy groups -OCH3 is 1. The molecule has 7 nitrogen and oxygen atoms in total. The van der Waals surface area contributed by atoms with Crippen LogP contribution in [0.25, 0.3) is 11.3 Å². The highest BCUT2D eigenvalue weighted by Gasteiger charge is 2.43. The van der Waals surface area contributed by atoms with E-state index in [1.807, 2.05) is 48.5 Å². The average molecular weight is 587 g/mol. The van der Waals surface area contributed by atoms with Crippen LogP contribution in [0.15, 0.2) is 83.4 Å². The van der Waals surface area contributed by atoms with E-state index in [1.54, 1.807) is 18.3 Å². The fourth-order valence-electron chi connectivity index (χ4n) is 5.66. The van der Waals surface area contributed by atoms with Gasteiger partial charge in [-0.3, -0.25) is 4.98 Å². The van der Waals surface area contributed by atoms with Crippen LogP contribution in [0.4, 0.5) is 11.4 Å². The summed E-state index contributed by atoms with van der Waals surface area (Å²) < 4.78 is 11.4. The molecule has 2 aliphatic heterocycles. The monoisotopic (exact) mass is 586 g/mol. The topological polar surface area (TPSA) is 70.8 Å². The first kappa shape index (κ1) is 27.3. The maximum atomic E-state index is 12.1. The summed E-state index contributed by atoms with van der Waals surface area (Å²) in [6.07, 6.45) is 4.10. The lowest BCUT2D eigenvalue weighted by Gasteiger charge is -2.33. The van der Waals surface area contributed by atoms with Gasteiger partial charge in [-0.1, -0.05) is 36.7 Å². The van der Waals surface area contributed by atoms with Crippen molar-refractivity contribution in [2.24, 2.45) is 5.92 Å². The third-order valence-electron chi connectivity index (χ3n) is 7.92. The molecule has 0 unspecified atom stereocenters. The van der Waals surface area contributed by atoms with Crippen LogP contribution in [0.3, 0.4) is 0 Å². The van der Waals surface area contributed by atoms with Gasteiger partial charge in [0.25, 0.3) is 0 Å². The highest BCUT2D eigenvalue weighted by Crippen LogP contribution is 2.44. The third kappa shape index (κ3) is 5.42. The molecule has 2 aromatic carbocycles. The molecule has 2 fully saturated rings. The van der Waals surface area contributed by atoms with Gasteiger partial charge in [-0.15, -0.1) is 0 Å². The maximum Gasteiger partial charge on any atom is 0.337 e. The number of anilines is 2. The second-order valence-electron chi connectivity index (χ2n) is 10.6. The van der Waals surface area contributed by atoms with Crippen molar-refractivity contribution in [1.29, 1.82) is 0 Å². The summed E-state index contributed by atoms with van der Waals surface area (Å²) in [6.45, 7) is 4.30. The molecule has 2 aliphatic rings. The van der Waals surface area contributed by atoms with Gasteiger partial charge in [0.15, 0.2) is 5.11 Å². The van der Waals surface area contributed by atoms with E-state index in [1.165, 1.54) is 7.11 Å². The number of furan rings is 1. The molecule has 0 aliphatic carbocycles. The fourth-order valence-corrected chi connectivity index (χ4v) is 6.30. The van der Waals surface area contributed by atoms with Crippen LogP contribution < -0.4 is 15.1 Å². The summed E-state index contributed by atoms with van der Waals surface area (Å²) in [5, 5.41) is 4.73. The predicted octanol–water partition coefficient (Wildman–Crippen LogP) is 7.20. The first-order valence-electron chi connectivity index (χ1n) is 13.8. The lowest BCUT2D eigenvalue weighted by Crippen LogP contribution is -2.33. The number of ether oxygens (including phenoxy) is 1. The molecule has 9 heteroatoms. The summed E-state index contributed by atoms with van der Waals surface area (Å²) in [7, 11) is 1.37. The Hall–Kier alpha value is -3.88. The number of piperidine rings is 1. The van der Waals surface area contributed by atoms with Crippen molar-refractivity contribution in [3.8, 4) is 11.3 Å². The molecular weight excluding hydrogens is 556 g/mol. The van der Waals surface area contributed by atoms with Crippen molar-refractivity contribution in [3.05, 3.63) is 101 Å². The van der Waals surface area contributed by atoms with Crippen molar-refractivity contribution in [3.63, 3.8) is 0 Å². The molecule has 4 aromatic rings. The van der Waals surface area contributed by atoms with Gasteiger partial charge in [0.2, 0.25) is 0 Å². The molecule has 0 spiro atoms. The molecule has 4 heterocycles. The van der Waals surface area contributed by atoms with E-state index in [2.05, 4.69) is 39.2 Å². The Kier molecular flexibility index (Phi) is 7.69. The number of hydrogen-bond acceptors (Lipinski definition) is 6. The number of halogens is 1. The van der Waals surface area contributed by atoms with Crippen LogP contribution in [-0.2, 0) is 4.74 Å².